The van der Waals surface area contributed by atoms with Crippen molar-refractivity contribution >= 4 is 27.7 Å². The van der Waals surface area contributed by atoms with Crippen LogP contribution in [0.5, 0.6) is 0 Å². The van der Waals surface area contributed by atoms with Gasteiger partial charge in [-0.1, -0.05) is 30.3 Å². The third-order valence-electron chi connectivity index (χ3n) is 3.95. The number of sulfonamides is 1. The van der Waals surface area contributed by atoms with Gasteiger partial charge in [0.2, 0.25) is 0 Å². The molecule has 0 saturated carbocycles. The van der Waals surface area contributed by atoms with Crippen molar-refractivity contribution in [2.45, 2.75) is 6.54 Å². The van der Waals surface area contributed by atoms with Gasteiger partial charge in [0.15, 0.2) is 0 Å². The van der Waals surface area contributed by atoms with Crippen LogP contribution in [-0.4, -0.2) is 26.3 Å². The summed E-state index contributed by atoms with van der Waals surface area (Å²) in [5, 5.41) is 1.11. The smallest absolute Gasteiger partial charge is 0.255 e. The number of nitrogens with zero attached hydrogens (tertiary/aromatic N) is 1. The maximum Gasteiger partial charge on any atom is 0.255 e. The highest BCUT2D eigenvalue weighted by Gasteiger charge is 2.14. The highest BCUT2D eigenvalue weighted by atomic mass is 32.2. The summed E-state index contributed by atoms with van der Waals surface area (Å²) < 4.78 is 32.1. The standard InChI is InChI=1S/C21H20N2O4S/c1-23(16-20-8-5-14-27-20)21(24)18-9-11-19(12-10-18)22-28(25,26)15-13-17-6-3-2-4-7-17/h2-15,22H,16H2,1H3/b15-13+. The fraction of sp³-hybridized carbons (Fsp3) is 0.0952. The molecule has 0 unspecified atom stereocenters. The van der Waals surface area contributed by atoms with Gasteiger partial charge in [-0.3, -0.25) is 9.52 Å². The largest absolute Gasteiger partial charge is 0.467 e. The molecule has 6 nitrogen and oxygen atoms in total. The molecule has 0 aliphatic carbocycles. The predicted molar refractivity (Wildman–Crippen MR) is 109 cm³/mol. The van der Waals surface area contributed by atoms with Crippen LogP contribution in [0.4, 0.5) is 5.69 Å². The minimum absolute atomic E-state index is 0.185. The van der Waals surface area contributed by atoms with Gasteiger partial charge in [0.05, 0.1) is 18.2 Å². The number of carbonyl (C=O) groups is 1. The quantitative estimate of drug-likeness (QED) is 0.655. The van der Waals surface area contributed by atoms with Crippen LogP contribution in [0.1, 0.15) is 21.7 Å². The number of carbonyl (C=O) groups excluding carboxylic acids is 1. The molecule has 1 heterocycles. The van der Waals surface area contributed by atoms with Gasteiger partial charge in [-0.05, 0) is 48.0 Å². The van der Waals surface area contributed by atoms with Crippen molar-refractivity contribution in [3.05, 3.63) is 95.3 Å². The molecule has 144 valence electrons. The SMILES string of the molecule is CN(Cc1ccco1)C(=O)c1ccc(NS(=O)(=O)/C=C/c2ccccc2)cc1. The second-order valence-corrected chi connectivity index (χ2v) is 7.74. The molecule has 3 aromatic rings. The van der Waals surface area contributed by atoms with Gasteiger partial charge in [-0.15, -0.1) is 0 Å². The first kappa shape index (κ1) is 19.4. The van der Waals surface area contributed by atoms with Crippen LogP contribution in [0.15, 0.2) is 82.8 Å². The Morgan fingerprint density at radius 1 is 1.04 bits per heavy atom. The van der Waals surface area contributed by atoms with Crippen LogP contribution in [-0.2, 0) is 16.6 Å². The average Bonchev–Trinajstić information content (AvgIpc) is 3.20. The molecule has 28 heavy (non-hydrogen) atoms. The Balaban J connectivity index is 1.63. The molecule has 1 amide bonds. The summed E-state index contributed by atoms with van der Waals surface area (Å²) in [6.07, 6.45) is 3.07. The molecule has 0 bridgehead atoms. The highest BCUT2D eigenvalue weighted by molar-refractivity contribution is 7.95. The zero-order chi connectivity index (χ0) is 20.0. The first-order chi connectivity index (χ1) is 13.4. The number of furan rings is 1. The fourth-order valence-electron chi connectivity index (χ4n) is 2.54. The Hall–Kier alpha value is -3.32. The number of amides is 1. The number of hydrogen-bond donors (Lipinski definition) is 1. The van der Waals surface area contributed by atoms with Crippen molar-refractivity contribution in [3.63, 3.8) is 0 Å². The summed E-state index contributed by atoms with van der Waals surface area (Å²) in [6, 6.07) is 19.0. The van der Waals surface area contributed by atoms with Crippen molar-refractivity contribution in [3.8, 4) is 0 Å². The number of benzene rings is 2. The van der Waals surface area contributed by atoms with Gasteiger partial charge >= 0.3 is 0 Å². The minimum Gasteiger partial charge on any atom is -0.467 e. The summed E-state index contributed by atoms with van der Waals surface area (Å²) in [5.41, 5.74) is 1.62. The molecule has 2 aromatic carbocycles. The molecule has 0 aliphatic heterocycles. The summed E-state index contributed by atoms with van der Waals surface area (Å²) in [4.78, 5) is 14.0. The number of nitrogens with one attached hydrogen (secondary N) is 1. The molecule has 3 rings (SSSR count). The fourth-order valence-corrected chi connectivity index (χ4v) is 3.41. The molecule has 0 spiro atoms. The topological polar surface area (TPSA) is 79.6 Å². The Labute approximate surface area is 164 Å². The van der Waals surface area contributed by atoms with Crippen molar-refractivity contribution in [2.24, 2.45) is 0 Å². The summed E-state index contributed by atoms with van der Waals surface area (Å²) in [7, 11) is -1.98. The Kier molecular flexibility index (Phi) is 5.96. The van der Waals surface area contributed by atoms with E-state index in [0.29, 0.717) is 23.6 Å². The maximum absolute atomic E-state index is 12.5. The van der Waals surface area contributed by atoms with E-state index >= 15 is 0 Å². The van der Waals surface area contributed by atoms with Gasteiger partial charge in [-0.2, -0.15) is 0 Å². The van der Waals surface area contributed by atoms with Gasteiger partial charge in [-0.25, -0.2) is 8.42 Å². The normalized spacial score (nSPS) is 11.5. The third-order valence-corrected chi connectivity index (χ3v) is 4.97. The monoisotopic (exact) mass is 396 g/mol. The van der Waals surface area contributed by atoms with Crippen LogP contribution in [0, 0.1) is 0 Å². The minimum atomic E-state index is -3.65. The van der Waals surface area contributed by atoms with Crippen LogP contribution < -0.4 is 4.72 Å². The third kappa shape index (κ3) is 5.34. The first-order valence-electron chi connectivity index (χ1n) is 8.57. The lowest BCUT2D eigenvalue weighted by Gasteiger charge is -2.16. The van der Waals surface area contributed by atoms with Crippen LogP contribution in [0.3, 0.4) is 0 Å². The van der Waals surface area contributed by atoms with E-state index in [1.807, 2.05) is 30.3 Å². The lowest BCUT2D eigenvalue weighted by molar-refractivity contribution is 0.0775. The van der Waals surface area contributed by atoms with Crippen molar-refractivity contribution in [1.29, 1.82) is 0 Å². The summed E-state index contributed by atoms with van der Waals surface area (Å²) >= 11 is 0. The van der Waals surface area contributed by atoms with E-state index in [-0.39, 0.29) is 5.91 Å². The van der Waals surface area contributed by atoms with Gasteiger partial charge in [0.25, 0.3) is 15.9 Å². The van der Waals surface area contributed by atoms with E-state index in [2.05, 4.69) is 4.72 Å². The number of anilines is 1. The molecule has 7 heteroatoms. The maximum atomic E-state index is 12.5. The van der Waals surface area contributed by atoms with E-state index < -0.39 is 10.0 Å². The number of rotatable bonds is 7. The van der Waals surface area contributed by atoms with E-state index in [9.17, 15) is 13.2 Å². The van der Waals surface area contributed by atoms with Crippen LogP contribution in [0.2, 0.25) is 0 Å². The van der Waals surface area contributed by atoms with E-state index in [1.54, 1.807) is 49.7 Å². The van der Waals surface area contributed by atoms with Crippen molar-refractivity contribution in [1.82, 2.24) is 4.90 Å². The lowest BCUT2D eigenvalue weighted by atomic mass is 10.2. The molecule has 1 aromatic heterocycles. The zero-order valence-electron chi connectivity index (χ0n) is 15.3. The Morgan fingerprint density at radius 2 is 1.75 bits per heavy atom. The predicted octanol–water partition coefficient (Wildman–Crippen LogP) is 3.96. The molecular formula is C21H20N2O4S. The van der Waals surface area contributed by atoms with Gasteiger partial charge < -0.3 is 9.32 Å². The molecule has 0 radical (unpaired) electrons. The first-order valence-corrected chi connectivity index (χ1v) is 10.1. The summed E-state index contributed by atoms with van der Waals surface area (Å²) in [5.74, 6) is 0.500. The average molecular weight is 396 g/mol. The summed E-state index contributed by atoms with van der Waals surface area (Å²) in [6.45, 7) is 0.352. The molecule has 0 aliphatic rings. The number of hydrogen-bond acceptors (Lipinski definition) is 4. The molecule has 1 N–H and O–H groups in total. The zero-order valence-corrected chi connectivity index (χ0v) is 16.1. The van der Waals surface area contributed by atoms with Crippen molar-refractivity contribution in [2.75, 3.05) is 11.8 Å². The second-order valence-electron chi connectivity index (χ2n) is 6.18. The Morgan fingerprint density at radius 3 is 2.39 bits per heavy atom. The van der Waals surface area contributed by atoms with Gasteiger partial charge in [0.1, 0.15) is 5.76 Å². The molecule has 0 atom stereocenters. The molecule has 0 saturated heterocycles. The van der Waals surface area contributed by atoms with Crippen LogP contribution in [0.25, 0.3) is 6.08 Å². The van der Waals surface area contributed by atoms with Crippen LogP contribution >= 0.6 is 0 Å². The van der Waals surface area contributed by atoms with Crippen molar-refractivity contribution < 1.29 is 17.6 Å². The highest BCUT2D eigenvalue weighted by Crippen LogP contribution is 2.15. The lowest BCUT2D eigenvalue weighted by Crippen LogP contribution is -2.25. The van der Waals surface area contributed by atoms with E-state index in [4.69, 9.17) is 4.42 Å². The van der Waals surface area contributed by atoms with Gasteiger partial charge in [0, 0.05) is 18.3 Å². The molecular weight excluding hydrogens is 376 g/mol. The van der Waals surface area contributed by atoms with E-state index in [1.165, 1.54) is 11.0 Å². The Bertz CT molecular complexity index is 1040. The molecule has 0 fully saturated rings. The second kappa shape index (κ2) is 8.58. The van der Waals surface area contributed by atoms with E-state index in [0.717, 1.165) is 11.0 Å².